The van der Waals surface area contributed by atoms with Crippen LogP contribution in [0.2, 0.25) is 0 Å². The number of nitrogens with one attached hydrogen (secondary N) is 1. The van der Waals surface area contributed by atoms with Crippen molar-refractivity contribution in [3.63, 3.8) is 0 Å². The molecule has 1 fully saturated rings. The van der Waals surface area contributed by atoms with Gasteiger partial charge in [0, 0.05) is 48.0 Å². The van der Waals surface area contributed by atoms with Gasteiger partial charge in [0.15, 0.2) is 0 Å². The molecule has 0 saturated carbocycles. The van der Waals surface area contributed by atoms with Crippen molar-refractivity contribution < 1.29 is 0 Å². The molecular formula is C26H30ClN3. The van der Waals surface area contributed by atoms with Gasteiger partial charge in [-0.25, -0.2) is 0 Å². The Labute approximate surface area is 185 Å². The summed E-state index contributed by atoms with van der Waals surface area (Å²) in [6, 6.07) is 12.7. The maximum absolute atomic E-state index is 5.97. The highest BCUT2D eigenvalue weighted by Gasteiger charge is 2.26. The molecule has 1 aromatic heterocycles. The first kappa shape index (κ1) is 23.2. The molecule has 1 atom stereocenters. The smallest absolute Gasteiger partial charge is 0.0699 e. The van der Waals surface area contributed by atoms with E-state index < -0.39 is 0 Å². The summed E-state index contributed by atoms with van der Waals surface area (Å²) in [5.74, 6) is 0.439. The zero-order chi connectivity index (χ0) is 22.1. The fraction of sp³-hybridized carbons (Fsp3) is 0.192. The van der Waals surface area contributed by atoms with Crippen LogP contribution < -0.4 is 5.32 Å². The van der Waals surface area contributed by atoms with Crippen LogP contribution in [-0.2, 0) is 6.42 Å². The first-order valence-corrected chi connectivity index (χ1v) is 10.4. The van der Waals surface area contributed by atoms with Gasteiger partial charge in [0.05, 0.1) is 6.04 Å². The summed E-state index contributed by atoms with van der Waals surface area (Å²) in [7, 11) is 2.04. The number of likely N-dealkylation sites (N-methyl/N-ethyl adjacent to an activating group) is 1. The molecule has 1 unspecified atom stereocenters. The number of hydrogen-bond donors (Lipinski definition) is 1. The average molecular weight is 420 g/mol. The average Bonchev–Trinajstić information content (AvgIpc) is 2.87. The van der Waals surface area contributed by atoms with Crippen LogP contribution in [0.3, 0.4) is 0 Å². The van der Waals surface area contributed by atoms with Crippen LogP contribution >= 0.6 is 11.6 Å². The van der Waals surface area contributed by atoms with Crippen LogP contribution in [-0.4, -0.2) is 28.9 Å². The monoisotopic (exact) mass is 419 g/mol. The zero-order valence-corrected chi connectivity index (χ0v) is 18.6. The lowest BCUT2D eigenvalue weighted by Gasteiger charge is -2.27. The van der Waals surface area contributed by atoms with Gasteiger partial charge < -0.3 is 10.2 Å². The molecule has 156 valence electrons. The highest BCUT2D eigenvalue weighted by atomic mass is 35.5. The summed E-state index contributed by atoms with van der Waals surface area (Å²) in [6.45, 7) is 16.6. The molecule has 30 heavy (non-hydrogen) atoms. The Bertz CT molecular complexity index is 927. The fourth-order valence-corrected chi connectivity index (χ4v) is 3.67. The second-order valence-corrected chi connectivity index (χ2v) is 7.12. The van der Waals surface area contributed by atoms with Gasteiger partial charge in [-0.15, -0.1) is 24.8 Å². The van der Waals surface area contributed by atoms with Crippen LogP contribution in [0.25, 0.3) is 11.1 Å². The Balaban J connectivity index is 0.00000155. The van der Waals surface area contributed by atoms with Crippen molar-refractivity contribution in [2.75, 3.05) is 12.9 Å². The third-order valence-electron chi connectivity index (χ3n) is 5.09. The van der Waals surface area contributed by atoms with Gasteiger partial charge >= 0.3 is 0 Å². The van der Waals surface area contributed by atoms with Crippen LogP contribution in [0, 0.1) is 0 Å². The summed E-state index contributed by atoms with van der Waals surface area (Å²) in [4.78, 5) is 6.32. The zero-order valence-electron chi connectivity index (χ0n) is 17.9. The molecule has 0 bridgehead atoms. The molecule has 0 radical (unpaired) electrons. The van der Waals surface area contributed by atoms with Gasteiger partial charge in [0.25, 0.3) is 0 Å². The van der Waals surface area contributed by atoms with E-state index >= 15 is 0 Å². The molecule has 1 aliphatic heterocycles. The van der Waals surface area contributed by atoms with Gasteiger partial charge in [-0.1, -0.05) is 55.6 Å². The first-order valence-electron chi connectivity index (χ1n) is 9.85. The van der Waals surface area contributed by atoms with Crippen molar-refractivity contribution in [3.05, 3.63) is 115 Å². The number of halogens is 1. The summed E-state index contributed by atoms with van der Waals surface area (Å²) in [5, 5.41) is 3.54. The number of aromatic nitrogens is 1. The minimum absolute atomic E-state index is 0.0536. The van der Waals surface area contributed by atoms with Gasteiger partial charge in [-0.2, -0.15) is 0 Å². The van der Waals surface area contributed by atoms with E-state index in [1.807, 2.05) is 32.3 Å². The number of pyridine rings is 1. The molecule has 1 aromatic carbocycles. The Morgan fingerprint density at radius 1 is 1.13 bits per heavy atom. The van der Waals surface area contributed by atoms with E-state index in [0.717, 1.165) is 40.2 Å². The molecule has 1 saturated heterocycles. The largest absolute Gasteiger partial charge is 0.376 e. The molecule has 0 amide bonds. The topological polar surface area (TPSA) is 28.2 Å². The second kappa shape index (κ2) is 11.2. The van der Waals surface area contributed by atoms with Gasteiger partial charge in [-0.3, -0.25) is 4.98 Å². The van der Waals surface area contributed by atoms with E-state index in [4.69, 9.17) is 11.6 Å². The quantitative estimate of drug-likeness (QED) is 0.479. The molecule has 4 heteroatoms. The van der Waals surface area contributed by atoms with Crippen molar-refractivity contribution in [3.8, 4) is 11.1 Å². The van der Waals surface area contributed by atoms with Crippen LogP contribution in [0.15, 0.2) is 110 Å². The summed E-state index contributed by atoms with van der Waals surface area (Å²) in [6.07, 6.45) is 8.55. The van der Waals surface area contributed by atoms with E-state index in [-0.39, 0.29) is 6.04 Å². The number of nitrogens with zero attached hydrogens (tertiary/aromatic N) is 2. The van der Waals surface area contributed by atoms with Crippen LogP contribution in [0.1, 0.15) is 12.5 Å². The van der Waals surface area contributed by atoms with Gasteiger partial charge in [0.1, 0.15) is 0 Å². The van der Waals surface area contributed by atoms with E-state index in [0.29, 0.717) is 5.88 Å². The SMILES string of the molecule is C=C.C=C1NC(Cc2ccc(-c3cccnc3)cc2)C(=C)N(C)C(=C/C)/C1=C\CCl. The Kier molecular flexibility index (Phi) is 8.70. The van der Waals surface area contributed by atoms with Gasteiger partial charge in [0.2, 0.25) is 0 Å². The maximum atomic E-state index is 5.97. The third kappa shape index (κ3) is 5.31. The first-order chi connectivity index (χ1) is 14.5. The fourth-order valence-electron chi connectivity index (χ4n) is 3.52. The maximum Gasteiger partial charge on any atom is 0.0699 e. The predicted molar refractivity (Wildman–Crippen MR) is 130 cm³/mol. The normalized spacial score (nSPS) is 19.2. The van der Waals surface area contributed by atoms with Crippen molar-refractivity contribution in [2.45, 2.75) is 19.4 Å². The Morgan fingerprint density at radius 2 is 1.83 bits per heavy atom. The highest BCUT2D eigenvalue weighted by Crippen LogP contribution is 2.30. The van der Waals surface area contributed by atoms with Crippen LogP contribution in [0.4, 0.5) is 0 Å². The molecule has 3 nitrogen and oxygen atoms in total. The van der Waals surface area contributed by atoms with Gasteiger partial charge in [-0.05, 0) is 36.1 Å². The number of allylic oxidation sites excluding steroid dienone is 2. The van der Waals surface area contributed by atoms with Crippen molar-refractivity contribution >= 4 is 11.6 Å². The van der Waals surface area contributed by atoms with Crippen molar-refractivity contribution in [1.82, 2.24) is 15.2 Å². The highest BCUT2D eigenvalue weighted by molar-refractivity contribution is 6.19. The number of alkyl halides is 1. The molecular weight excluding hydrogens is 390 g/mol. The van der Waals surface area contributed by atoms with Crippen molar-refractivity contribution in [1.29, 1.82) is 0 Å². The standard InChI is InChI=1S/C24H26ClN3.C2H4/c1-5-24-22(12-13-25)17(2)27-23(18(3)28(24)4)15-19-8-10-20(11-9-19)21-7-6-14-26-16-21;1-2/h5-12,14,16,23,27H,2-3,13,15H2,1,4H3;1-2H2/b22-12-,24-5+;. The minimum Gasteiger partial charge on any atom is -0.376 e. The summed E-state index contributed by atoms with van der Waals surface area (Å²) in [5.41, 5.74) is 7.48. The third-order valence-corrected chi connectivity index (χ3v) is 5.24. The van der Waals surface area contributed by atoms with E-state index in [1.54, 1.807) is 6.20 Å². The minimum atomic E-state index is 0.0536. The molecule has 1 N–H and O–H groups in total. The second-order valence-electron chi connectivity index (χ2n) is 6.81. The molecule has 2 heterocycles. The Hall–Kier alpha value is -3.04. The lowest BCUT2D eigenvalue weighted by Crippen LogP contribution is -2.34. The predicted octanol–water partition coefficient (Wildman–Crippen LogP) is 6.09. The molecule has 2 aromatic rings. The van der Waals surface area contributed by atoms with Crippen molar-refractivity contribution in [2.24, 2.45) is 0 Å². The molecule has 0 spiro atoms. The molecule has 0 aliphatic carbocycles. The van der Waals surface area contributed by atoms with E-state index in [2.05, 4.69) is 77.9 Å². The van der Waals surface area contributed by atoms with E-state index in [1.165, 1.54) is 5.56 Å². The summed E-state index contributed by atoms with van der Waals surface area (Å²) >= 11 is 5.97. The number of benzene rings is 1. The van der Waals surface area contributed by atoms with Crippen LogP contribution in [0.5, 0.6) is 0 Å². The number of rotatable bonds is 4. The molecule has 3 rings (SSSR count). The van der Waals surface area contributed by atoms with E-state index in [9.17, 15) is 0 Å². The summed E-state index contributed by atoms with van der Waals surface area (Å²) < 4.78 is 0. The number of hydrogen-bond acceptors (Lipinski definition) is 3. The lowest BCUT2D eigenvalue weighted by molar-refractivity contribution is 0.470. The molecule has 1 aliphatic rings. The lowest BCUT2D eigenvalue weighted by atomic mass is 10.00. The Morgan fingerprint density at radius 3 is 2.40 bits per heavy atom.